The topological polar surface area (TPSA) is 40.5 Å². The van der Waals surface area contributed by atoms with Crippen molar-refractivity contribution in [2.45, 2.75) is 125 Å². The van der Waals surface area contributed by atoms with Gasteiger partial charge in [-0.05, 0) is 120 Å². The molecule has 0 saturated heterocycles. The van der Waals surface area contributed by atoms with E-state index >= 15 is 0 Å². The van der Waals surface area contributed by atoms with E-state index in [0.717, 1.165) is 30.1 Å². The van der Waals surface area contributed by atoms with Gasteiger partial charge in [0.15, 0.2) is 0 Å². The Morgan fingerprint density at radius 2 is 1.41 bits per heavy atom. The lowest BCUT2D eigenvalue weighted by Gasteiger charge is -2.73. The quantitative estimate of drug-likeness (QED) is 0.454. The van der Waals surface area contributed by atoms with Gasteiger partial charge in [-0.25, -0.2) is 0 Å². The molecule has 184 valence electrons. The largest absolute Gasteiger partial charge is 0.390 e. The van der Waals surface area contributed by atoms with Crippen LogP contribution in [-0.4, -0.2) is 22.4 Å². The summed E-state index contributed by atoms with van der Waals surface area (Å²) in [7, 11) is 0. The summed E-state index contributed by atoms with van der Waals surface area (Å²) in [4.78, 5) is 0. The molecule has 2 heteroatoms. The molecule has 0 heterocycles. The molecule has 0 aromatic rings. The van der Waals surface area contributed by atoms with Crippen molar-refractivity contribution in [1.82, 2.24) is 0 Å². The maximum Gasteiger partial charge on any atom is 0.0852 e. The molecule has 5 saturated carbocycles. The fourth-order valence-electron chi connectivity index (χ4n) is 11.9. The highest BCUT2D eigenvalue weighted by Gasteiger charge is 2.71. The van der Waals surface area contributed by atoms with Crippen LogP contribution in [0.5, 0.6) is 0 Å². The number of aliphatic hydroxyl groups excluding tert-OH is 2. The third-order valence-electron chi connectivity index (χ3n) is 13.7. The van der Waals surface area contributed by atoms with Crippen LogP contribution in [0.25, 0.3) is 0 Å². The van der Waals surface area contributed by atoms with E-state index in [4.69, 9.17) is 0 Å². The zero-order valence-corrected chi connectivity index (χ0v) is 22.4. The van der Waals surface area contributed by atoms with Crippen molar-refractivity contribution >= 4 is 0 Å². The number of hydrogen-bond donors (Lipinski definition) is 2. The van der Waals surface area contributed by atoms with Crippen molar-refractivity contribution < 1.29 is 10.2 Å². The highest BCUT2D eigenvalue weighted by molar-refractivity contribution is 5.19. The van der Waals surface area contributed by atoms with Crippen LogP contribution in [0.1, 0.15) is 113 Å². The van der Waals surface area contributed by atoms with Crippen LogP contribution in [0.2, 0.25) is 0 Å². The van der Waals surface area contributed by atoms with Gasteiger partial charge in [-0.1, -0.05) is 55.4 Å². The molecular formula is C30H52O2. The second kappa shape index (κ2) is 6.99. The van der Waals surface area contributed by atoms with E-state index < -0.39 is 12.2 Å². The molecule has 0 spiro atoms. The van der Waals surface area contributed by atoms with Gasteiger partial charge in [-0.3, -0.25) is 0 Å². The molecule has 0 aromatic carbocycles. The molecule has 0 bridgehead atoms. The first kappa shape index (κ1) is 23.7. The minimum absolute atomic E-state index is 0.136. The summed E-state index contributed by atoms with van der Waals surface area (Å²) in [6.45, 7) is 20.0. The fourth-order valence-corrected chi connectivity index (χ4v) is 11.9. The molecule has 5 aliphatic carbocycles. The molecule has 5 fully saturated rings. The number of fused-ring (bicyclic) bond motifs is 7. The number of rotatable bonds is 1. The second-order valence-corrected chi connectivity index (χ2v) is 15.3. The van der Waals surface area contributed by atoms with Gasteiger partial charge in [0.25, 0.3) is 0 Å². The Kier molecular flexibility index (Phi) is 5.17. The lowest BCUT2D eigenvalue weighted by atomic mass is 9.32. The number of aliphatic hydroxyl groups is 2. The molecule has 5 rings (SSSR count). The van der Waals surface area contributed by atoms with Crippen LogP contribution in [0.4, 0.5) is 0 Å². The van der Waals surface area contributed by atoms with E-state index in [1.54, 1.807) is 0 Å². The van der Waals surface area contributed by atoms with Gasteiger partial charge in [0.2, 0.25) is 0 Å². The van der Waals surface area contributed by atoms with Gasteiger partial charge >= 0.3 is 0 Å². The maximum atomic E-state index is 11.0. The Hall–Kier alpha value is -0.0800. The van der Waals surface area contributed by atoms with Crippen molar-refractivity contribution in [3.63, 3.8) is 0 Å². The summed E-state index contributed by atoms with van der Waals surface area (Å²) in [6, 6.07) is 0. The zero-order chi connectivity index (χ0) is 23.5. The summed E-state index contributed by atoms with van der Waals surface area (Å²) in [5, 5.41) is 21.9. The van der Waals surface area contributed by atoms with Gasteiger partial charge in [0.1, 0.15) is 0 Å². The third-order valence-corrected chi connectivity index (χ3v) is 13.7. The Labute approximate surface area is 198 Å². The van der Waals surface area contributed by atoms with Crippen molar-refractivity contribution in [2.24, 2.45) is 62.6 Å². The molecule has 0 amide bonds. The Balaban J connectivity index is 1.55. The third kappa shape index (κ3) is 2.72. The summed E-state index contributed by atoms with van der Waals surface area (Å²) in [5.74, 6) is 4.65. The Morgan fingerprint density at radius 3 is 2.06 bits per heavy atom. The Morgan fingerprint density at radius 1 is 0.719 bits per heavy atom. The predicted molar refractivity (Wildman–Crippen MR) is 132 cm³/mol. The van der Waals surface area contributed by atoms with E-state index in [0.29, 0.717) is 28.1 Å². The van der Waals surface area contributed by atoms with E-state index in [-0.39, 0.29) is 10.8 Å². The normalized spacial score (nSPS) is 59.2. The molecule has 0 aromatic heterocycles. The molecule has 2 nitrogen and oxygen atoms in total. The second-order valence-electron chi connectivity index (χ2n) is 15.3. The molecule has 2 N–H and O–H groups in total. The fraction of sp³-hybridized carbons (Fsp3) is 1.00. The van der Waals surface area contributed by atoms with Crippen molar-refractivity contribution in [3.8, 4) is 0 Å². The van der Waals surface area contributed by atoms with Crippen LogP contribution >= 0.6 is 0 Å². The van der Waals surface area contributed by atoms with Crippen LogP contribution in [0, 0.1) is 62.6 Å². The first-order valence-corrected chi connectivity index (χ1v) is 14.1. The summed E-state index contributed by atoms with van der Waals surface area (Å²) >= 11 is 0. The minimum atomic E-state index is -0.586. The van der Waals surface area contributed by atoms with Crippen LogP contribution in [0.15, 0.2) is 0 Å². The van der Waals surface area contributed by atoms with Crippen molar-refractivity contribution in [1.29, 1.82) is 0 Å². The zero-order valence-electron chi connectivity index (χ0n) is 22.4. The molecule has 11 atom stereocenters. The van der Waals surface area contributed by atoms with Gasteiger partial charge < -0.3 is 10.2 Å². The van der Waals surface area contributed by atoms with Crippen LogP contribution < -0.4 is 0 Å². The van der Waals surface area contributed by atoms with Gasteiger partial charge in [-0.2, -0.15) is 0 Å². The smallest absolute Gasteiger partial charge is 0.0852 e. The lowest BCUT2D eigenvalue weighted by Crippen LogP contribution is -2.68. The highest BCUT2D eigenvalue weighted by atomic mass is 16.3. The van der Waals surface area contributed by atoms with Crippen molar-refractivity contribution in [2.75, 3.05) is 0 Å². The average Bonchev–Trinajstić information content (AvgIpc) is 3.05. The molecule has 0 radical (unpaired) electrons. The molecule has 5 aliphatic rings. The van der Waals surface area contributed by atoms with Gasteiger partial charge in [-0.15, -0.1) is 0 Å². The first-order valence-electron chi connectivity index (χ1n) is 14.1. The minimum Gasteiger partial charge on any atom is -0.390 e. The van der Waals surface area contributed by atoms with E-state index in [1.807, 2.05) is 0 Å². The molecule has 32 heavy (non-hydrogen) atoms. The van der Waals surface area contributed by atoms with Crippen LogP contribution in [-0.2, 0) is 0 Å². The van der Waals surface area contributed by atoms with Crippen LogP contribution in [0.3, 0.4) is 0 Å². The summed E-state index contributed by atoms with van der Waals surface area (Å²) < 4.78 is 0. The average molecular weight is 445 g/mol. The van der Waals surface area contributed by atoms with E-state index in [2.05, 4.69) is 55.4 Å². The van der Waals surface area contributed by atoms with E-state index in [9.17, 15) is 10.2 Å². The maximum absolute atomic E-state index is 11.0. The monoisotopic (exact) mass is 444 g/mol. The van der Waals surface area contributed by atoms with Crippen molar-refractivity contribution in [3.05, 3.63) is 0 Å². The predicted octanol–water partition coefficient (Wildman–Crippen LogP) is 7.08. The molecular weight excluding hydrogens is 392 g/mol. The summed E-state index contributed by atoms with van der Waals surface area (Å²) in [5.41, 5.74) is 1.26. The number of hydrogen-bond acceptors (Lipinski definition) is 2. The van der Waals surface area contributed by atoms with Gasteiger partial charge in [0.05, 0.1) is 12.2 Å². The lowest BCUT2D eigenvalue weighted by molar-refractivity contribution is -0.263. The SMILES string of the molecule is CC(C)[C@@H]1CC[C@]2(C)CC[C@]3(C)[C@H](CC[C@@H]4[C@]5(C)C[C@@H](O)[C@@H](O)C(C)(C)[C@@H]5CC[C@@]43C)[C@@H]12. The highest BCUT2D eigenvalue weighted by Crippen LogP contribution is 2.77. The summed E-state index contributed by atoms with van der Waals surface area (Å²) in [6.07, 6.45) is 10.6. The first-order chi connectivity index (χ1) is 14.7. The Bertz CT molecular complexity index is 758. The van der Waals surface area contributed by atoms with Gasteiger partial charge in [0, 0.05) is 0 Å². The standard InChI is InChI=1S/C30H52O2/c1-18(2)19-11-13-27(5)15-16-29(7)20(24(19)27)9-10-23-28(6)17-21(31)25(32)26(3,4)22(28)12-14-30(23,29)8/h18-25,31-32H,9-17H2,1-8H3/t19-,20+,21+,22-,23+,24+,25+,27+,28+,29+,30-/m0/s1. The molecule has 0 aliphatic heterocycles. The molecule has 0 unspecified atom stereocenters. The van der Waals surface area contributed by atoms with E-state index in [1.165, 1.54) is 51.4 Å².